The van der Waals surface area contributed by atoms with E-state index < -0.39 is 23.8 Å². The number of benzene rings is 2. The smallest absolute Gasteiger partial charge is 0.331 e. The van der Waals surface area contributed by atoms with Crippen molar-refractivity contribution in [1.29, 1.82) is 0 Å². The SMILES string of the molecule is COc1ccc(/C=C/C(=O)O[C@H](C)C(=O)Nc2cc(C)ccc2C)cc1F. The normalized spacial score (nSPS) is 11.9. The van der Waals surface area contributed by atoms with Crippen LogP contribution in [0.1, 0.15) is 23.6 Å². The molecule has 0 saturated heterocycles. The summed E-state index contributed by atoms with van der Waals surface area (Å²) in [6.45, 7) is 5.28. The lowest BCUT2D eigenvalue weighted by molar-refractivity contribution is -0.148. The zero-order valence-electron chi connectivity index (χ0n) is 15.7. The van der Waals surface area contributed by atoms with Gasteiger partial charge in [-0.2, -0.15) is 0 Å². The van der Waals surface area contributed by atoms with Gasteiger partial charge in [0, 0.05) is 11.8 Å². The van der Waals surface area contributed by atoms with E-state index in [0.717, 1.165) is 17.2 Å². The molecule has 0 unspecified atom stereocenters. The van der Waals surface area contributed by atoms with Crippen molar-refractivity contribution in [3.05, 3.63) is 65.0 Å². The summed E-state index contributed by atoms with van der Waals surface area (Å²) in [5, 5.41) is 2.75. The molecule has 0 aliphatic rings. The molecule has 2 aromatic rings. The minimum Gasteiger partial charge on any atom is -0.494 e. The molecule has 1 amide bonds. The third kappa shape index (κ3) is 5.67. The Hall–Kier alpha value is -3.15. The Morgan fingerprint density at radius 3 is 2.56 bits per heavy atom. The Bertz CT molecular complexity index is 876. The van der Waals surface area contributed by atoms with Crippen LogP contribution in [0, 0.1) is 19.7 Å². The molecule has 5 nitrogen and oxygen atoms in total. The topological polar surface area (TPSA) is 64.6 Å². The number of hydrogen-bond donors (Lipinski definition) is 1. The van der Waals surface area contributed by atoms with Gasteiger partial charge in [-0.05, 0) is 61.7 Å². The van der Waals surface area contributed by atoms with Crippen LogP contribution in [-0.4, -0.2) is 25.1 Å². The number of esters is 1. The molecule has 6 heteroatoms. The Morgan fingerprint density at radius 2 is 1.89 bits per heavy atom. The van der Waals surface area contributed by atoms with E-state index >= 15 is 0 Å². The lowest BCUT2D eigenvalue weighted by Crippen LogP contribution is -2.29. The van der Waals surface area contributed by atoms with E-state index in [-0.39, 0.29) is 5.75 Å². The fraction of sp³-hybridized carbons (Fsp3) is 0.238. The number of halogens is 1. The second-order valence-corrected chi connectivity index (χ2v) is 6.11. The van der Waals surface area contributed by atoms with Crippen molar-refractivity contribution in [3.63, 3.8) is 0 Å². The highest BCUT2D eigenvalue weighted by Crippen LogP contribution is 2.19. The van der Waals surface area contributed by atoms with Crippen LogP contribution < -0.4 is 10.1 Å². The maximum absolute atomic E-state index is 13.6. The molecule has 1 N–H and O–H groups in total. The van der Waals surface area contributed by atoms with Gasteiger partial charge in [-0.25, -0.2) is 9.18 Å². The number of ether oxygens (including phenoxy) is 2. The van der Waals surface area contributed by atoms with Crippen molar-refractivity contribution in [2.24, 2.45) is 0 Å². The third-order valence-electron chi connectivity index (χ3n) is 3.90. The van der Waals surface area contributed by atoms with Crippen LogP contribution in [0.3, 0.4) is 0 Å². The van der Waals surface area contributed by atoms with E-state index in [2.05, 4.69) is 5.32 Å². The van der Waals surface area contributed by atoms with Crippen LogP contribution >= 0.6 is 0 Å². The van der Waals surface area contributed by atoms with Gasteiger partial charge in [0.05, 0.1) is 7.11 Å². The summed E-state index contributed by atoms with van der Waals surface area (Å²) in [6.07, 6.45) is 1.57. The molecule has 0 fully saturated rings. The summed E-state index contributed by atoms with van der Waals surface area (Å²) < 4.78 is 23.6. The van der Waals surface area contributed by atoms with E-state index in [1.54, 1.807) is 6.07 Å². The highest BCUT2D eigenvalue weighted by molar-refractivity contribution is 5.97. The summed E-state index contributed by atoms with van der Waals surface area (Å²) >= 11 is 0. The number of nitrogens with one attached hydrogen (secondary N) is 1. The van der Waals surface area contributed by atoms with Crippen LogP contribution in [0.4, 0.5) is 10.1 Å². The van der Waals surface area contributed by atoms with E-state index in [1.165, 1.54) is 32.2 Å². The first-order valence-corrected chi connectivity index (χ1v) is 8.40. The minimum absolute atomic E-state index is 0.117. The van der Waals surface area contributed by atoms with Gasteiger partial charge >= 0.3 is 5.97 Å². The first-order chi connectivity index (χ1) is 12.8. The molecule has 0 aliphatic carbocycles. The molecule has 2 rings (SSSR count). The Kier molecular flexibility index (Phi) is 6.71. The maximum atomic E-state index is 13.6. The third-order valence-corrected chi connectivity index (χ3v) is 3.90. The second-order valence-electron chi connectivity index (χ2n) is 6.11. The Balaban J connectivity index is 1.95. The molecule has 27 heavy (non-hydrogen) atoms. The first-order valence-electron chi connectivity index (χ1n) is 8.40. The van der Waals surface area contributed by atoms with Crippen molar-refractivity contribution in [2.75, 3.05) is 12.4 Å². The average molecular weight is 371 g/mol. The molecule has 0 aliphatic heterocycles. The monoisotopic (exact) mass is 371 g/mol. The van der Waals surface area contributed by atoms with Crippen molar-refractivity contribution < 1.29 is 23.5 Å². The lowest BCUT2D eigenvalue weighted by Gasteiger charge is -2.14. The highest BCUT2D eigenvalue weighted by atomic mass is 19.1. The molecule has 1 atom stereocenters. The van der Waals surface area contributed by atoms with E-state index in [4.69, 9.17) is 9.47 Å². The number of hydrogen-bond acceptors (Lipinski definition) is 4. The molecule has 0 saturated carbocycles. The quantitative estimate of drug-likeness (QED) is 0.615. The Labute approximate surface area is 157 Å². The molecule has 142 valence electrons. The molecule has 0 heterocycles. The summed E-state index contributed by atoms with van der Waals surface area (Å²) in [4.78, 5) is 24.1. The van der Waals surface area contributed by atoms with Crippen LogP contribution in [0.15, 0.2) is 42.5 Å². The molecular formula is C21H22FNO4. The van der Waals surface area contributed by atoms with Gasteiger partial charge in [0.25, 0.3) is 5.91 Å². The van der Waals surface area contributed by atoms with Crippen molar-refractivity contribution in [1.82, 2.24) is 0 Å². The standard InChI is InChI=1S/C21H22FNO4/c1-13-5-6-14(2)18(11-13)23-21(25)15(3)27-20(24)10-8-16-7-9-19(26-4)17(22)12-16/h5-12,15H,1-4H3,(H,23,25)/b10-8+/t15-/m1/s1. The molecule has 0 radical (unpaired) electrons. The number of carbonyl (C=O) groups excluding carboxylic acids is 2. The van der Waals surface area contributed by atoms with Crippen LogP contribution in [-0.2, 0) is 14.3 Å². The van der Waals surface area contributed by atoms with Gasteiger partial charge in [-0.1, -0.05) is 18.2 Å². The maximum Gasteiger partial charge on any atom is 0.331 e. The zero-order chi connectivity index (χ0) is 20.0. The fourth-order valence-electron chi connectivity index (χ4n) is 2.32. The number of amides is 1. The van der Waals surface area contributed by atoms with Crippen LogP contribution in [0.25, 0.3) is 6.08 Å². The molecule has 2 aromatic carbocycles. The fourth-order valence-corrected chi connectivity index (χ4v) is 2.32. The van der Waals surface area contributed by atoms with Gasteiger partial charge in [0.2, 0.25) is 0 Å². The van der Waals surface area contributed by atoms with Crippen molar-refractivity contribution >= 4 is 23.6 Å². The number of carbonyl (C=O) groups is 2. The van der Waals surface area contributed by atoms with Gasteiger partial charge < -0.3 is 14.8 Å². The lowest BCUT2D eigenvalue weighted by atomic mass is 10.1. The van der Waals surface area contributed by atoms with Gasteiger partial charge in [0.1, 0.15) is 0 Å². The van der Waals surface area contributed by atoms with Crippen LogP contribution in [0.2, 0.25) is 0 Å². The average Bonchev–Trinajstić information content (AvgIpc) is 2.63. The van der Waals surface area contributed by atoms with Crippen molar-refractivity contribution in [3.8, 4) is 5.75 Å². The summed E-state index contributed by atoms with van der Waals surface area (Å²) in [5.74, 6) is -1.54. The Morgan fingerprint density at radius 1 is 1.15 bits per heavy atom. The number of methoxy groups -OCH3 is 1. The minimum atomic E-state index is -0.977. The predicted molar refractivity (Wildman–Crippen MR) is 102 cm³/mol. The van der Waals surface area contributed by atoms with Gasteiger partial charge in [0.15, 0.2) is 17.7 Å². The van der Waals surface area contributed by atoms with E-state index in [1.807, 2.05) is 32.0 Å². The van der Waals surface area contributed by atoms with Crippen LogP contribution in [0.5, 0.6) is 5.75 Å². The number of rotatable bonds is 6. The van der Waals surface area contributed by atoms with E-state index in [9.17, 15) is 14.0 Å². The molecule has 0 bridgehead atoms. The van der Waals surface area contributed by atoms with E-state index in [0.29, 0.717) is 11.3 Å². The summed E-state index contributed by atoms with van der Waals surface area (Å²) in [5.41, 5.74) is 3.06. The first kappa shape index (κ1) is 20.2. The second kappa shape index (κ2) is 8.98. The van der Waals surface area contributed by atoms with Crippen molar-refractivity contribution in [2.45, 2.75) is 26.9 Å². The largest absolute Gasteiger partial charge is 0.494 e. The summed E-state index contributed by atoms with van der Waals surface area (Å²) in [7, 11) is 1.37. The summed E-state index contributed by atoms with van der Waals surface area (Å²) in [6, 6.07) is 9.99. The zero-order valence-corrected chi connectivity index (χ0v) is 15.7. The molecule has 0 spiro atoms. The predicted octanol–water partition coefficient (Wildman–Crippen LogP) is 4.03. The molecular weight excluding hydrogens is 349 g/mol. The number of aryl methyl sites for hydroxylation is 2. The van der Waals surface area contributed by atoms with Gasteiger partial charge in [-0.3, -0.25) is 4.79 Å². The van der Waals surface area contributed by atoms with Gasteiger partial charge in [-0.15, -0.1) is 0 Å². The molecule has 0 aromatic heterocycles. The number of anilines is 1. The highest BCUT2D eigenvalue weighted by Gasteiger charge is 2.17.